The van der Waals surface area contributed by atoms with Crippen LogP contribution in [0.5, 0.6) is 0 Å². The van der Waals surface area contributed by atoms with E-state index in [4.69, 9.17) is 4.74 Å². The molecule has 2 rings (SSSR count). The average Bonchev–Trinajstić information content (AvgIpc) is 2.47. The predicted octanol–water partition coefficient (Wildman–Crippen LogP) is 3.92. The minimum absolute atomic E-state index is 0.161. The van der Waals surface area contributed by atoms with Crippen molar-refractivity contribution in [2.24, 2.45) is 5.92 Å². The maximum absolute atomic E-state index is 12.3. The molecule has 3 nitrogen and oxygen atoms in total. The maximum atomic E-state index is 12.3. The molecule has 0 saturated heterocycles. The summed E-state index contributed by atoms with van der Waals surface area (Å²) in [5.74, 6) is 0.176. The molecule has 1 saturated carbocycles. The molecule has 0 aliphatic heterocycles. The summed E-state index contributed by atoms with van der Waals surface area (Å²) >= 11 is 0. The van der Waals surface area contributed by atoms with Crippen molar-refractivity contribution >= 4 is 11.7 Å². The van der Waals surface area contributed by atoms with Crippen molar-refractivity contribution in [3.63, 3.8) is 0 Å². The number of rotatable bonds is 4. The summed E-state index contributed by atoms with van der Waals surface area (Å²) in [6, 6.07) is 8.15. The summed E-state index contributed by atoms with van der Waals surface area (Å²) in [6.07, 6.45) is 5.85. The largest absolute Gasteiger partial charge is 0.467 e. The standard InChI is InChI=1S/C17H25NO2/c1-13-8-7-11-15(12-13)18-17(2,16(19)20-3)14-9-5-4-6-10-14/h7-8,11-12,14,18H,4-6,9-10H2,1-3H3. The van der Waals surface area contributed by atoms with E-state index in [1.807, 2.05) is 19.1 Å². The van der Waals surface area contributed by atoms with Crippen molar-refractivity contribution in [3.8, 4) is 0 Å². The molecule has 0 amide bonds. The molecule has 0 spiro atoms. The second-order valence-electron chi connectivity index (χ2n) is 6.02. The first-order valence-corrected chi connectivity index (χ1v) is 7.49. The Balaban J connectivity index is 2.24. The highest BCUT2D eigenvalue weighted by Gasteiger charge is 2.42. The molecule has 1 aromatic rings. The predicted molar refractivity (Wildman–Crippen MR) is 81.8 cm³/mol. The SMILES string of the molecule is COC(=O)C(C)(Nc1cccc(C)c1)C1CCCCC1. The van der Waals surface area contributed by atoms with Gasteiger partial charge in [0.1, 0.15) is 5.54 Å². The molecule has 1 aromatic carbocycles. The van der Waals surface area contributed by atoms with Crippen LogP contribution in [0.2, 0.25) is 0 Å². The van der Waals surface area contributed by atoms with Gasteiger partial charge in [0.25, 0.3) is 0 Å². The number of carbonyl (C=O) groups is 1. The van der Waals surface area contributed by atoms with Gasteiger partial charge in [-0.1, -0.05) is 31.4 Å². The Morgan fingerprint density at radius 3 is 2.60 bits per heavy atom. The fourth-order valence-corrected chi connectivity index (χ4v) is 3.23. The maximum Gasteiger partial charge on any atom is 0.331 e. The van der Waals surface area contributed by atoms with E-state index in [2.05, 4.69) is 24.4 Å². The van der Waals surface area contributed by atoms with E-state index in [1.54, 1.807) is 0 Å². The molecule has 1 N–H and O–H groups in total. The Kier molecular flexibility index (Phi) is 4.69. The Bertz CT molecular complexity index is 466. The van der Waals surface area contributed by atoms with Crippen LogP contribution in [0.25, 0.3) is 0 Å². The summed E-state index contributed by atoms with van der Waals surface area (Å²) in [4.78, 5) is 12.3. The summed E-state index contributed by atoms with van der Waals surface area (Å²) in [7, 11) is 1.47. The van der Waals surface area contributed by atoms with Gasteiger partial charge in [0, 0.05) is 5.69 Å². The van der Waals surface area contributed by atoms with E-state index >= 15 is 0 Å². The number of ether oxygens (including phenoxy) is 1. The summed E-state index contributed by atoms with van der Waals surface area (Å²) in [5.41, 5.74) is 1.54. The molecule has 0 aromatic heterocycles. The summed E-state index contributed by atoms with van der Waals surface area (Å²) in [5, 5.41) is 3.44. The lowest BCUT2D eigenvalue weighted by atomic mass is 9.75. The third-order valence-electron chi connectivity index (χ3n) is 4.45. The highest BCUT2D eigenvalue weighted by molar-refractivity contribution is 5.84. The van der Waals surface area contributed by atoms with E-state index < -0.39 is 5.54 Å². The van der Waals surface area contributed by atoms with Crippen molar-refractivity contribution < 1.29 is 9.53 Å². The lowest BCUT2D eigenvalue weighted by Crippen LogP contribution is -2.51. The second-order valence-corrected chi connectivity index (χ2v) is 6.02. The normalized spacial score (nSPS) is 19.1. The van der Waals surface area contributed by atoms with Gasteiger partial charge >= 0.3 is 5.97 Å². The Hall–Kier alpha value is -1.51. The number of methoxy groups -OCH3 is 1. The monoisotopic (exact) mass is 275 g/mol. The molecule has 0 radical (unpaired) electrons. The van der Waals surface area contributed by atoms with Crippen molar-refractivity contribution in [2.75, 3.05) is 12.4 Å². The van der Waals surface area contributed by atoms with Crippen LogP contribution >= 0.6 is 0 Å². The van der Waals surface area contributed by atoms with E-state index in [0.717, 1.165) is 18.5 Å². The van der Waals surface area contributed by atoms with Crippen LogP contribution in [0, 0.1) is 12.8 Å². The lowest BCUT2D eigenvalue weighted by molar-refractivity contribution is -0.147. The smallest absolute Gasteiger partial charge is 0.331 e. The minimum atomic E-state index is -0.636. The fourth-order valence-electron chi connectivity index (χ4n) is 3.23. The van der Waals surface area contributed by atoms with Gasteiger partial charge in [-0.2, -0.15) is 0 Å². The number of benzene rings is 1. The molecule has 1 atom stereocenters. The van der Waals surface area contributed by atoms with Crippen molar-refractivity contribution in [1.29, 1.82) is 0 Å². The van der Waals surface area contributed by atoms with Crippen molar-refractivity contribution in [3.05, 3.63) is 29.8 Å². The number of esters is 1. The zero-order valence-corrected chi connectivity index (χ0v) is 12.7. The zero-order valence-electron chi connectivity index (χ0n) is 12.7. The minimum Gasteiger partial charge on any atom is -0.467 e. The Morgan fingerprint density at radius 2 is 2.00 bits per heavy atom. The molecular weight excluding hydrogens is 250 g/mol. The molecule has 110 valence electrons. The lowest BCUT2D eigenvalue weighted by Gasteiger charge is -2.38. The van der Waals surface area contributed by atoms with Gasteiger partial charge in [0.2, 0.25) is 0 Å². The number of hydrogen-bond acceptors (Lipinski definition) is 3. The highest BCUT2D eigenvalue weighted by Crippen LogP contribution is 2.35. The van der Waals surface area contributed by atoms with Gasteiger partial charge in [0.15, 0.2) is 0 Å². The molecule has 3 heteroatoms. The van der Waals surface area contributed by atoms with Crippen molar-refractivity contribution in [1.82, 2.24) is 0 Å². The Labute approximate surface area is 121 Å². The molecule has 1 fully saturated rings. The molecule has 1 aliphatic rings. The summed E-state index contributed by atoms with van der Waals surface area (Å²) in [6.45, 7) is 4.04. The zero-order chi connectivity index (χ0) is 14.6. The second kappa shape index (κ2) is 6.29. The first kappa shape index (κ1) is 14.9. The average molecular weight is 275 g/mol. The molecule has 20 heavy (non-hydrogen) atoms. The van der Waals surface area contributed by atoms with Gasteiger partial charge in [-0.25, -0.2) is 4.79 Å². The van der Waals surface area contributed by atoms with E-state index in [0.29, 0.717) is 5.92 Å². The number of hydrogen-bond donors (Lipinski definition) is 1. The molecular formula is C17H25NO2. The van der Waals surface area contributed by atoms with Gasteiger partial charge in [-0.3, -0.25) is 0 Å². The molecule has 0 heterocycles. The van der Waals surface area contributed by atoms with Gasteiger partial charge in [-0.15, -0.1) is 0 Å². The first-order chi connectivity index (χ1) is 9.56. The quantitative estimate of drug-likeness (QED) is 0.846. The van der Waals surface area contributed by atoms with E-state index in [9.17, 15) is 4.79 Å². The van der Waals surface area contributed by atoms with Gasteiger partial charge in [-0.05, 0) is 50.3 Å². The third-order valence-corrected chi connectivity index (χ3v) is 4.45. The number of anilines is 1. The summed E-state index contributed by atoms with van der Waals surface area (Å²) < 4.78 is 5.07. The van der Waals surface area contributed by atoms with Crippen LogP contribution in [0.1, 0.15) is 44.6 Å². The molecule has 1 unspecified atom stereocenters. The van der Waals surface area contributed by atoms with Crippen LogP contribution in [0.4, 0.5) is 5.69 Å². The molecule has 1 aliphatic carbocycles. The van der Waals surface area contributed by atoms with E-state index in [1.165, 1.54) is 31.9 Å². The number of nitrogens with one attached hydrogen (secondary N) is 1. The fraction of sp³-hybridized carbons (Fsp3) is 0.588. The first-order valence-electron chi connectivity index (χ1n) is 7.49. The van der Waals surface area contributed by atoms with E-state index in [-0.39, 0.29) is 5.97 Å². The van der Waals surface area contributed by atoms with Crippen LogP contribution in [0.3, 0.4) is 0 Å². The topological polar surface area (TPSA) is 38.3 Å². The highest BCUT2D eigenvalue weighted by atomic mass is 16.5. The number of aryl methyl sites for hydroxylation is 1. The van der Waals surface area contributed by atoms with Crippen LogP contribution < -0.4 is 5.32 Å². The van der Waals surface area contributed by atoms with Crippen LogP contribution in [-0.4, -0.2) is 18.6 Å². The molecule has 0 bridgehead atoms. The van der Waals surface area contributed by atoms with Crippen LogP contribution in [-0.2, 0) is 9.53 Å². The third kappa shape index (κ3) is 3.14. The van der Waals surface area contributed by atoms with Crippen LogP contribution in [0.15, 0.2) is 24.3 Å². The number of carbonyl (C=O) groups excluding carboxylic acids is 1. The Morgan fingerprint density at radius 1 is 1.30 bits per heavy atom. The van der Waals surface area contributed by atoms with Gasteiger partial charge in [0.05, 0.1) is 7.11 Å². The van der Waals surface area contributed by atoms with Gasteiger partial charge < -0.3 is 10.1 Å². The van der Waals surface area contributed by atoms with Crippen molar-refractivity contribution in [2.45, 2.75) is 51.5 Å².